The van der Waals surface area contributed by atoms with E-state index >= 15 is 0 Å². The van der Waals surface area contributed by atoms with E-state index in [2.05, 4.69) is 16.6 Å². The van der Waals surface area contributed by atoms with Crippen molar-refractivity contribution in [1.29, 1.82) is 0 Å². The lowest BCUT2D eigenvalue weighted by Crippen LogP contribution is -2.47. The molecule has 0 aromatic heterocycles. The van der Waals surface area contributed by atoms with Gasteiger partial charge in [0, 0.05) is 6.42 Å². The second kappa shape index (κ2) is 5.80. The summed E-state index contributed by atoms with van der Waals surface area (Å²) in [4.78, 5) is 20.3. The largest absolute Gasteiger partial charge is 0.483 e. The number of carbonyl (C=O) groups is 1. The van der Waals surface area contributed by atoms with Crippen LogP contribution in [0.4, 0.5) is 0 Å². The van der Waals surface area contributed by atoms with Gasteiger partial charge in [-0.25, -0.2) is 9.98 Å². The lowest BCUT2D eigenvalue weighted by atomic mass is 9.93. The number of aliphatic imine (C=N–C) groups is 2. The number of carbonyl (C=O) groups excluding carboxylic acids is 1. The quantitative estimate of drug-likeness (QED) is 0.564. The molecule has 1 heterocycles. The number of rotatable bonds is 4. The van der Waals surface area contributed by atoms with Gasteiger partial charge in [0.2, 0.25) is 11.8 Å². The van der Waals surface area contributed by atoms with Crippen molar-refractivity contribution in [1.82, 2.24) is 0 Å². The van der Waals surface area contributed by atoms with Crippen LogP contribution in [-0.4, -0.2) is 43.9 Å². The maximum atomic E-state index is 11.4. The highest BCUT2D eigenvalue weighted by molar-refractivity contribution is 6.07. The van der Waals surface area contributed by atoms with Crippen LogP contribution >= 0.6 is 0 Å². The van der Waals surface area contributed by atoms with Gasteiger partial charge >= 0.3 is 0 Å². The first-order chi connectivity index (χ1) is 8.54. The van der Waals surface area contributed by atoms with Gasteiger partial charge in [-0.05, 0) is 5.92 Å². The van der Waals surface area contributed by atoms with Gasteiger partial charge in [0.25, 0.3) is 0 Å². The fourth-order valence-corrected chi connectivity index (χ4v) is 1.91. The Morgan fingerprint density at radius 2 is 2.11 bits per heavy atom. The maximum Gasteiger partial charge on any atom is 0.220 e. The molecule has 0 amide bonds. The third-order valence-corrected chi connectivity index (χ3v) is 2.87. The number of nitrogens with zero attached hydrogens (tertiary/aromatic N) is 2. The summed E-state index contributed by atoms with van der Waals surface area (Å²) in [6.07, 6.45) is 2.68. The van der Waals surface area contributed by atoms with Gasteiger partial charge < -0.3 is 14.3 Å². The Morgan fingerprint density at radius 1 is 1.44 bits per heavy atom. The molecule has 0 bridgehead atoms. The van der Waals surface area contributed by atoms with Gasteiger partial charge in [-0.3, -0.25) is 0 Å². The predicted molar refractivity (Wildman–Crippen MR) is 71.1 cm³/mol. The van der Waals surface area contributed by atoms with Crippen molar-refractivity contribution in [2.75, 3.05) is 14.2 Å². The Balaban J connectivity index is 3.27. The van der Waals surface area contributed by atoms with Crippen LogP contribution in [-0.2, 0) is 14.3 Å². The van der Waals surface area contributed by atoms with Gasteiger partial charge in [-0.1, -0.05) is 19.9 Å². The van der Waals surface area contributed by atoms with E-state index in [-0.39, 0.29) is 12.0 Å². The highest BCUT2D eigenvalue weighted by Crippen LogP contribution is 2.26. The molecular weight excluding hydrogens is 232 g/mol. The normalized spacial score (nSPS) is 27.3. The van der Waals surface area contributed by atoms with E-state index in [9.17, 15) is 4.79 Å². The first-order valence-corrected chi connectivity index (χ1v) is 5.87. The Bertz CT molecular complexity index is 388. The van der Waals surface area contributed by atoms with Crippen LogP contribution in [0.25, 0.3) is 0 Å². The molecule has 1 rings (SSSR count). The summed E-state index contributed by atoms with van der Waals surface area (Å²) in [7, 11) is 3.02. The molecular formula is C13H20N2O3. The van der Waals surface area contributed by atoms with Crippen LogP contribution in [0.5, 0.6) is 0 Å². The van der Waals surface area contributed by atoms with Crippen molar-refractivity contribution in [2.24, 2.45) is 15.9 Å². The highest BCUT2D eigenvalue weighted by atomic mass is 16.5. The van der Waals surface area contributed by atoms with E-state index in [0.29, 0.717) is 18.2 Å². The SMILES string of the molecule is C=CC[C@@]1(C=O)N=C(OC)[C@@H](C(C)C)N=C1OC. The van der Waals surface area contributed by atoms with Crippen molar-refractivity contribution >= 4 is 18.1 Å². The van der Waals surface area contributed by atoms with E-state index in [0.717, 1.165) is 6.29 Å². The minimum absolute atomic E-state index is 0.210. The van der Waals surface area contributed by atoms with Gasteiger partial charge in [-0.2, -0.15) is 0 Å². The minimum Gasteiger partial charge on any atom is -0.483 e. The molecule has 100 valence electrons. The maximum absolute atomic E-state index is 11.4. The van der Waals surface area contributed by atoms with Crippen LogP contribution in [0.2, 0.25) is 0 Å². The fraction of sp³-hybridized carbons (Fsp3) is 0.615. The van der Waals surface area contributed by atoms with Gasteiger partial charge in [0.15, 0.2) is 11.8 Å². The molecule has 18 heavy (non-hydrogen) atoms. The molecule has 1 aliphatic heterocycles. The van der Waals surface area contributed by atoms with E-state index < -0.39 is 5.54 Å². The molecule has 0 spiro atoms. The van der Waals surface area contributed by atoms with Crippen molar-refractivity contribution in [2.45, 2.75) is 31.8 Å². The summed E-state index contributed by atoms with van der Waals surface area (Å²) >= 11 is 0. The van der Waals surface area contributed by atoms with E-state index in [4.69, 9.17) is 9.47 Å². The van der Waals surface area contributed by atoms with Gasteiger partial charge in [0.1, 0.15) is 6.04 Å². The summed E-state index contributed by atoms with van der Waals surface area (Å²) in [6.45, 7) is 7.66. The molecule has 5 heteroatoms. The Morgan fingerprint density at radius 3 is 2.50 bits per heavy atom. The summed E-state index contributed by atoms with van der Waals surface area (Å²) in [5.41, 5.74) is -1.13. The van der Waals surface area contributed by atoms with Crippen molar-refractivity contribution in [3.8, 4) is 0 Å². The molecule has 0 saturated heterocycles. The topological polar surface area (TPSA) is 60.2 Å². The molecule has 0 saturated carbocycles. The number of methoxy groups -OCH3 is 2. The van der Waals surface area contributed by atoms with Crippen molar-refractivity contribution in [3.05, 3.63) is 12.7 Å². The minimum atomic E-state index is -1.13. The highest BCUT2D eigenvalue weighted by Gasteiger charge is 2.42. The van der Waals surface area contributed by atoms with Crippen LogP contribution in [0, 0.1) is 5.92 Å². The fourth-order valence-electron chi connectivity index (χ4n) is 1.91. The second-order valence-corrected chi connectivity index (χ2v) is 4.52. The number of aldehydes is 1. The van der Waals surface area contributed by atoms with Crippen molar-refractivity contribution in [3.63, 3.8) is 0 Å². The third-order valence-electron chi connectivity index (χ3n) is 2.87. The molecule has 1 aliphatic rings. The molecule has 0 aliphatic carbocycles. The lowest BCUT2D eigenvalue weighted by molar-refractivity contribution is -0.110. The summed E-state index contributed by atoms with van der Waals surface area (Å²) in [6, 6.07) is -0.220. The summed E-state index contributed by atoms with van der Waals surface area (Å²) < 4.78 is 10.5. The first kappa shape index (κ1) is 14.4. The number of hydrogen-bond acceptors (Lipinski definition) is 5. The molecule has 5 nitrogen and oxygen atoms in total. The molecule has 0 N–H and O–H groups in total. The zero-order chi connectivity index (χ0) is 13.8. The zero-order valence-corrected chi connectivity index (χ0v) is 11.3. The molecule has 0 aromatic rings. The zero-order valence-electron chi connectivity index (χ0n) is 11.3. The molecule has 0 fully saturated rings. The second-order valence-electron chi connectivity index (χ2n) is 4.52. The lowest BCUT2D eigenvalue weighted by Gasteiger charge is -2.31. The van der Waals surface area contributed by atoms with E-state index in [1.807, 2.05) is 13.8 Å². The predicted octanol–water partition coefficient (Wildman–Crippen LogP) is 1.63. The summed E-state index contributed by atoms with van der Waals surface area (Å²) in [5.74, 6) is 0.985. The number of ether oxygens (including phenoxy) is 2. The van der Waals surface area contributed by atoms with E-state index in [1.165, 1.54) is 14.2 Å². The monoisotopic (exact) mass is 252 g/mol. The first-order valence-electron chi connectivity index (χ1n) is 5.87. The average molecular weight is 252 g/mol. The Hall–Kier alpha value is -1.65. The molecule has 2 atom stereocenters. The van der Waals surface area contributed by atoms with Gasteiger partial charge in [-0.15, -0.1) is 6.58 Å². The molecule has 0 radical (unpaired) electrons. The summed E-state index contributed by atoms with van der Waals surface area (Å²) in [5, 5.41) is 0. The van der Waals surface area contributed by atoms with Crippen molar-refractivity contribution < 1.29 is 14.3 Å². The standard InChI is InChI=1S/C13H20N2O3/c1-6-7-13(8-16)12(18-5)14-10(9(2)3)11(15-13)17-4/h6,8-10H,1,7H2,2-5H3/t10-,13+/m1/s1. The van der Waals surface area contributed by atoms with Crippen LogP contribution in [0.3, 0.4) is 0 Å². The number of hydrogen-bond donors (Lipinski definition) is 0. The van der Waals surface area contributed by atoms with E-state index in [1.54, 1.807) is 6.08 Å². The average Bonchev–Trinajstić information content (AvgIpc) is 2.37. The van der Waals surface area contributed by atoms with Crippen LogP contribution in [0.15, 0.2) is 22.6 Å². The molecule has 0 unspecified atom stereocenters. The Labute approximate surface area is 108 Å². The smallest absolute Gasteiger partial charge is 0.220 e. The molecule has 0 aromatic carbocycles. The van der Waals surface area contributed by atoms with Gasteiger partial charge in [0.05, 0.1) is 14.2 Å². The third kappa shape index (κ3) is 2.44. The Kier molecular flexibility index (Phi) is 4.64. The van der Waals surface area contributed by atoms with Crippen LogP contribution in [0.1, 0.15) is 20.3 Å². The van der Waals surface area contributed by atoms with Crippen LogP contribution < -0.4 is 0 Å².